The van der Waals surface area contributed by atoms with Crippen molar-refractivity contribution in [3.8, 4) is 22.3 Å². The number of anilines is 3. The minimum Gasteiger partial charge on any atom is -0.456 e. The number of nitrogens with zero attached hydrogens (tertiary/aromatic N) is 1. The van der Waals surface area contributed by atoms with Crippen molar-refractivity contribution in [2.24, 2.45) is 0 Å². The van der Waals surface area contributed by atoms with Gasteiger partial charge in [0, 0.05) is 27.8 Å². The lowest BCUT2D eigenvalue weighted by atomic mass is 9.98. The van der Waals surface area contributed by atoms with Crippen LogP contribution >= 0.6 is 0 Å². The molecule has 0 aliphatic rings. The number of rotatable bonds is 9. The van der Waals surface area contributed by atoms with E-state index < -0.39 is 8.07 Å². The zero-order chi connectivity index (χ0) is 40.6. The monoisotopic (exact) mass is 795 g/mol. The van der Waals surface area contributed by atoms with E-state index in [1.54, 1.807) is 0 Å². The summed E-state index contributed by atoms with van der Waals surface area (Å²) in [6.45, 7) is 0. The minimum absolute atomic E-state index is 0.868. The number of hydrogen-bond donors (Lipinski definition) is 0. The molecule has 1 heterocycles. The molecule has 0 aliphatic heterocycles. The average molecular weight is 796 g/mol. The largest absolute Gasteiger partial charge is 0.456 e. The molecule has 11 rings (SSSR count). The zero-order valence-electron chi connectivity index (χ0n) is 33.5. The van der Waals surface area contributed by atoms with Crippen LogP contribution in [0.2, 0.25) is 0 Å². The molecule has 0 atom stereocenters. The highest BCUT2D eigenvalue weighted by atomic mass is 28.3. The summed E-state index contributed by atoms with van der Waals surface area (Å²) >= 11 is 0. The summed E-state index contributed by atoms with van der Waals surface area (Å²) in [6.07, 6.45) is 0. The number of hydrogen-bond acceptors (Lipinski definition) is 2. The van der Waals surface area contributed by atoms with Crippen LogP contribution in [0.15, 0.2) is 253 Å². The van der Waals surface area contributed by atoms with Crippen molar-refractivity contribution >= 4 is 78.6 Å². The number of benzene rings is 10. The van der Waals surface area contributed by atoms with Gasteiger partial charge in [0.15, 0.2) is 8.07 Å². The van der Waals surface area contributed by atoms with Gasteiger partial charge in [0.25, 0.3) is 0 Å². The second kappa shape index (κ2) is 15.5. The van der Waals surface area contributed by atoms with Crippen LogP contribution in [0.4, 0.5) is 17.1 Å². The fourth-order valence-corrected chi connectivity index (χ4v) is 14.2. The Labute approximate surface area is 357 Å². The first-order chi connectivity index (χ1) is 30.2. The van der Waals surface area contributed by atoms with E-state index in [0.29, 0.717) is 0 Å². The lowest BCUT2D eigenvalue weighted by Gasteiger charge is -2.35. The Morgan fingerprint density at radius 3 is 1.46 bits per heavy atom. The van der Waals surface area contributed by atoms with Crippen molar-refractivity contribution in [1.82, 2.24) is 0 Å². The van der Waals surface area contributed by atoms with Gasteiger partial charge < -0.3 is 9.32 Å². The third kappa shape index (κ3) is 6.44. The molecule has 0 fully saturated rings. The molecule has 0 saturated heterocycles. The van der Waals surface area contributed by atoms with E-state index in [1.807, 2.05) is 0 Å². The molecule has 3 heteroatoms. The van der Waals surface area contributed by atoms with E-state index in [1.165, 1.54) is 53.8 Å². The molecule has 2 nitrogen and oxygen atoms in total. The lowest BCUT2D eigenvalue weighted by Crippen LogP contribution is -2.74. The van der Waals surface area contributed by atoms with E-state index in [9.17, 15) is 0 Å². The zero-order valence-corrected chi connectivity index (χ0v) is 34.5. The molecule has 11 aromatic rings. The third-order valence-corrected chi connectivity index (χ3v) is 17.0. The molecule has 0 saturated carbocycles. The summed E-state index contributed by atoms with van der Waals surface area (Å²) in [4.78, 5) is 2.41. The van der Waals surface area contributed by atoms with Crippen LogP contribution in [0.3, 0.4) is 0 Å². The van der Waals surface area contributed by atoms with Crippen molar-refractivity contribution in [2.75, 3.05) is 4.90 Å². The Hall–Kier alpha value is -7.72. The third-order valence-electron chi connectivity index (χ3n) is 12.2. The summed E-state index contributed by atoms with van der Waals surface area (Å²) in [5.74, 6) is 0. The van der Waals surface area contributed by atoms with Gasteiger partial charge in [-0.3, -0.25) is 0 Å². The fourth-order valence-electron chi connectivity index (χ4n) is 9.37. The van der Waals surface area contributed by atoms with Crippen molar-refractivity contribution < 1.29 is 4.42 Å². The van der Waals surface area contributed by atoms with Crippen molar-refractivity contribution in [1.29, 1.82) is 0 Å². The van der Waals surface area contributed by atoms with Crippen LogP contribution in [0.5, 0.6) is 0 Å². The number of furan rings is 1. The van der Waals surface area contributed by atoms with Gasteiger partial charge in [-0.2, -0.15) is 0 Å². The smallest absolute Gasteiger partial charge is 0.179 e. The normalized spacial score (nSPS) is 11.6. The molecule has 61 heavy (non-hydrogen) atoms. The van der Waals surface area contributed by atoms with Gasteiger partial charge in [-0.15, -0.1) is 0 Å². The van der Waals surface area contributed by atoms with Gasteiger partial charge >= 0.3 is 0 Å². The van der Waals surface area contributed by atoms with Crippen LogP contribution < -0.4 is 25.6 Å². The van der Waals surface area contributed by atoms with Gasteiger partial charge in [0.2, 0.25) is 0 Å². The molecule has 0 bridgehead atoms. The van der Waals surface area contributed by atoms with E-state index in [-0.39, 0.29) is 0 Å². The molecular formula is C58H41NOSi. The van der Waals surface area contributed by atoms with Crippen LogP contribution in [-0.4, -0.2) is 8.07 Å². The highest BCUT2D eigenvalue weighted by molar-refractivity contribution is 7.19. The van der Waals surface area contributed by atoms with Crippen molar-refractivity contribution in [3.63, 3.8) is 0 Å². The molecule has 0 radical (unpaired) electrons. The Kier molecular flexibility index (Phi) is 9.22. The van der Waals surface area contributed by atoms with Gasteiger partial charge in [0.1, 0.15) is 11.2 Å². The highest BCUT2D eigenvalue weighted by Crippen LogP contribution is 2.40. The number of fused-ring (bicyclic) bond motifs is 4. The topological polar surface area (TPSA) is 16.4 Å². The summed E-state index contributed by atoms with van der Waals surface area (Å²) in [5, 5.41) is 10.0. The van der Waals surface area contributed by atoms with Crippen molar-refractivity contribution in [3.05, 3.63) is 249 Å². The van der Waals surface area contributed by atoms with Gasteiger partial charge in [-0.25, -0.2) is 0 Å². The first-order valence-corrected chi connectivity index (χ1v) is 22.9. The van der Waals surface area contributed by atoms with E-state index in [4.69, 9.17) is 4.42 Å². The summed E-state index contributed by atoms with van der Waals surface area (Å²) in [5.41, 5.74) is 9.72. The molecule has 10 aromatic carbocycles. The Morgan fingerprint density at radius 2 is 0.787 bits per heavy atom. The van der Waals surface area contributed by atoms with E-state index >= 15 is 0 Å². The molecular weight excluding hydrogens is 755 g/mol. The molecule has 0 amide bonds. The molecule has 0 unspecified atom stereocenters. The highest BCUT2D eigenvalue weighted by Gasteiger charge is 2.41. The van der Waals surface area contributed by atoms with Crippen LogP contribution in [0.1, 0.15) is 0 Å². The Morgan fingerprint density at radius 1 is 0.295 bits per heavy atom. The molecule has 0 N–H and O–H groups in total. The maximum atomic E-state index is 6.49. The average Bonchev–Trinajstić information content (AvgIpc) is 3.71. The van der Waals surface area contributed by atoms with Gasteiger partial charge in [-0.05, 0) is 108 Å². The van der Waals surface area contributed by atoms with Crippen LogP contribution in [-0.2, 0) is 0 Å². The molecule has 0 aliphatic carbocycles. The van der Waals surface area contributed by atoms with E-state index in [2.05, 4.69) is 254 Å². The van der Waals surface area contributed by atoms with Gasteiger partial charge in [0.05, 0.1) is 0 Å². The first kappa shape index (κ1) is 36.4. The second-order valence-corrected chi connectivity index (χ2v) is 19.5. The van der Waals surface area contributed by atoms with Crippen LogP contribution in [0, 0.1) is 0 Å². The van der Waals surface area contributed by atoms with Crippen molar-refractivity contribution in [2.45, 2.75) is 0 Å². The first-order valence-electron chi connectivity index (χ1n) is 20.9. The predicted octanol–water partition coefficient (Wildman–Crippen LogP) is 12.9. The quantitative estimate of drug-likeness (QED) is 0.107. The summed E-state index contributed by atoms with van der Waals surface area (Å²) in [7, 11) is -2.81. The Bertz CT molecular complexity index is 3190. The van der Waals surface area contributed by atoms with Gasteiger partial charge in [-0.1, -0.05) is 194 Å². The van der Waals surface area contributed by atoms with E-state index in [0.717, 1.165) is 39.0 Å². The van der Waals surface area contributed by atoms with Crippen LogP contribution in [0.25, 0.3) is 55.0 Å². The molecule has 0 spiro atoms. The predicted molar refractivity (Wildman–Crippen MR) is 260 cm³/mol. The fraction of sp³-hybridized carbons (Fsp3) is 0. The maximum absolute atomic E-state index is 6.49. The standard InChI is InChI=1S/C58H41NOSi/c1-5-17-42(18-6-1)45-33-37-57-55(39-45)56-41-48(36-38-58(56)60-57)59(46-34-31-44(32-35-46)54-30-15-20-43-19-13-14-29-53(43)54)47-21-16-28-52(40-47)61(49-22-7-2-8-23-49,50-24-9-3-10-25-50)51-26-11-4-12-27-51/h1-41H. The SMILES string of the molecule is c1ccc(-c2ccc3oc4ccc(N(c5ccc(-c6cccc7ccccc67)cc5)c5cccc([Si](c6ccccc6)(c6ccccc6)c6ccccc6)c5)cc4c3c2)cc1. The molecule has 288 valence electrons. The minimum atomic E-state index is -2.81. The Balaban J connectivity index is 1.13. The maximum Gasteiger partial charge on any atom is 0.179 e. The lowest BCUT2D eigenvalue weighted by molar-refractivity contribution is 0.669. The summed E-state index contributed by atoms with van der Waals surface area (Å²) in [6, 6.07) is 90.7. The molecule has 1 aromatic heterocycles. The second-order valence-electron chi connectivity index (χ2n) is 15.7. The summed E-state index contributed by atoms with van der Waals surface area (Å²) < 4.78 is 6.49.